The highest BCUT2D eigenvalue weighted by molar-refractivity contribution is 6.30. The lowest BCUT2D eigenvalue weighted by Gasteiger charge is -2.38. The molecule has 1 fully saturated rings. The average molecular weight is 391 g/mol. The van der Waals surface area contributed by atoms with Crippen molar-refractivity contribution >= 4 is 23.4 Å². The first-order chi connectivity index (χ1) is 13.0. The fourth-order valence-corrected chi connectivity index (χ4v) is 3.54. The van der Waals surface area contributed by atoms with Gasteiger partial charge in [-0.3, -0.25) is 9.59 Å². The minimum atomic E-state index is -0.396. The highest BCUT2D eigenvalue weighted by Gasteiger charge is 2.33. The van der Waals surface area contributed by atoms with Crippen molar-refractivity contribution in [3.63, 3.8) is 0 Å². The second kappa shape index (κ2) is 8.90. The number of halogens is 1. The maximum Gasteiger partial charge on any atom is 0.224 e. The van der Waals surface area contributed by atoms with Crippen LogP contribution in [0.25, 0.3) is 0 Å². The van der Waals surface area contributed by atoms with E-state index in [1.54, 1.807) is 29.6 Å². The number of aromatic nitrogens is 2. The highest BCUT2D eigenvalue weighted by Crippen LogP contribution is 2.27. The molecule has 144 valence electrons. The van der Waals surface area contributed by atoms with Crippen LogP contribution in [-0.4, -0.2) is 45.5 Å². The molecule has 27 heavy (non-hydrogen) atoms. The van der Waals surface area contributed by atoms with Crippen molar-refractivity contribution in [2.24, 2.45) is 11.7 Å². The lowest BCUT2D eigenvalue weighted by molar-refractivity contribution is -0.136. The van der Waals surface area contributed by atoms with Crippen LogP contribution in [-0.2, 0) is 16.1 Å². The predicted molar refractivity (Wildman–Crippen MR) is 101 cm³/mol. The zero-order chi connectivity index (χ0) is 19.2. The minimum Gasteiger partial charge on any atom is -0.490 e. The van der Waals surface area contributed by atoms with E-state index in [-0.39, 0.29) is 24.3 Å². The highest BCUT2D eigenvalue weighted by atomic mass is 35.5. The van der Waals surface area contributed by atoms with Gasteiger partial charge in [-0.25, -0.2) is 4.98 Å². The number of piperidine rings is 1. The first-order valence-electron chi connectivity index (χ1n) is 8.95. The summed E-state index contributed by atoms with van der Waals surface area (Å²) in [4.78, 5) is 29.8. The molecule has 1 aliphatic heterocycles. The Morgan fingerprint density at radius 2 is 2.22 bits per heavy atom. The third kappa shape index (κ3) is 5.47. The van der Waals surface area contributed by atoms with Crippen LogP contribution in [0, 0.1) is 5.92 Å². The summed E-state index contributed by atoms with van der Waals surface area (Å²) in [5.41, 5.74) is 5.42. The van der Waals surface area contributed by atoms with Gasteiger partial charge in [-0.05, 0) is 18.2 Å². The average Bonchev–Trinajstić information content (AvgIpc) is 3.14. The summed E-state index contributed by atoms with van der Waals surface area (Å²) in [6.45, 7) is 1.62. The maximum absolute atomic E-state index is 12.6. The standard InChI is InChI=1S/C19H23ClN4O3/c20-15-2-1-3-16(11-15)27-17-4-8-24(12-14(17)10-18(21)25)19(26)5-7-23-9-6-22-13-23/h1-3,6,9,11,13-14,17H,4-5,7-8,10,12H2,(H2,21,25)/t14-,17-/m0/s1. The first kappa shape index (κ1) is 19.2. The molecular weight excluding hydrogens is 368 g/mol. The summed E-state index contributed by atoms with van der Waals surface area (Å²) < 4.78 is 7.92. The van der Waals surface area contributed by atoms with Crippen LogP contribution in [0.3, 0.4) is 0 Å². The van der Waals surface area contributed by atoms with Crippen LogP contribution in [0.5, 0.6) is 5.75 Å². The van der Waals surface area contributed by atoms with Crippen molar-refractivity contribution in [3.8, 4) is 5.75 Å². The molecule has 0 spiro atoms. The minimum absolute atomic E-state index is 0.0550. The van der Waals surface area contributed by atoms with Gasteiger partial charge < -0.3 is 19.9 Å². The molecule has 0 radical (unpaired) electrons. The molecule has 2 N–H and O–H groups in total. The number of primary amides is 1. The Bertz CT molecular complexity index is 781. The molecule has 0 aliphatic carbocycles. The Hall–Kier alpha value is -2.54. The quantitative estimate of drug-likeness (QED) is 0.783. The molecule has 2 amide bonds. The van der Waals surface area contributed by atoms with Crippen LogP contribution < -0.4 is 10.5 Å². The van der Waals surface area contributed by atoms with Crippen LogP contribution in [0.2, 0.25) is 5.02 Å². The van der Waals surface area contributed by atoms with E-state index in [0.29, 0.717) is 43.2 Å². The monoisotopic (exact) mass is 390 g/mol. The number of imidazole rings is 1. The number of nitrogens with two attached hydrogens (primary N) is 1. The molecule has 1 saturated heterocycles. The zero-order valence-electron chi connectivity index (χ0n) is 15.0. The first-order valence-corrected chi connectivity index (χ1v) is 9.33. The normalized spacial score (nSPS) is 19.7. The third-order valence-corrected chi connectivity index (χ3v) is 4.94. The number of amides is 2. The van der Waals surface area contributed by atoms with Crippen molar-refractivity contribution in [3.05, 3.63) is 48.0 Å². The molecule has 0 saturated carbocycles. The molecule has 2 heterocycles. The van der Waals surface area contributed by atoms with Crippen LogP contribution in [0.1, 0.15) is 19.3 Å². The van der Waals surface area contributed by atoms with Gasteiger partial charge in [0, 0.05) is 62.2 Å². The van der Waals surface area contributed by atoms with E-state index in [0.717, 1.165) is 0 Å². The predicted octanol–water partition coefficient (Wildman–Crippen LogP) is 2.10. The number of nitrogens with zero attached hydrogens (tertiary/aromatic N) is 3. The van der Waals surface area contributed by atoms with Crippen molar-refractivity contribution in [1.82, 2.24) is 14.5 Å². The number of rotatable bonds is 7. The second-order valence-electron chi connectivity index (χ2n) is 6.72. The van der Waals surface area contributed by atoms with Gasteiger partial charge in [0.15, 0.2) is 0 Å². The van der Waals surface area contributed by atoms with E-state index in [1.807, 2.05) is 22.9 Å². The van der Waals surface area contributed by atoms with E-state index in [9.17, 15) is 9.59 Å². The fourth-order valence-electron chi connectivity index (χ4n) is 3.36. The number of likely N-dealkylation sites (tertiary alicyclic amines) is 1. The molecule has 1 aromatic heterocycles. The Labute approximate surface area is 163 Å². The molecule has 0 bridgehead atoms. The Balaban J connectivity index is 1.61. The van der Waals surface area contributed by atoms with E-state index in [4.69, 9.17) is 22.1 Å². The van der Waals surface area contributed by atoms with Crippen molar-refractivity contribution in [1.29, 1.82) is 0 Å². The van der Waals surface area contributed by atoms with Gasteiger partial charge in [0.25, 0.3) is 0 Å². The van der Waals surface area contributed by atoms with Crippen molar-refractivity contribution < 1.29 is 14.3 Å². The Morgan fingerprint density at radius 3 is 2.93 bits per heavy atom. The second-order valence-corrected chi connectivity index (χ2v) is 7.16. The van der Waals surface area contributed by atoms with Crippen molar-refractivity contribution in [2.45, 2.75) is 31.9 Å². The smallest absolute Gasteiger partial charge is 0.224 e. The van der Waals surface area contributed by atoms with Gasteiger partial charge in [-0.15, -0.1) is 0 Å². The number of aryl methyl sites for hydroxylation is 1. The molecule has 0 unspecified atom stereocenters. The van der Waals surface area contributed by atoms with E-state index in [2.05, 4.69) is 4.98 Å². The van der Waals surface area contributed by atoms with Gasteiger partial charge in [0.2, 0.25) is 11.8 Å². The molecule has 1 aromatic carbocycles. The zero-order valence-corrected chi connectivity index (χ0v) is 15.7. The largest absolute Gasteiger partial charge is 0.490 e. The molecule has 1 aliphatic rings. The van der Waals surface area contributed by atoms with Gasteiger partial charge in [-0.2, -0.15) is 0 Å². The fraction of sp³-hybridized carbons (Fsp3) is 0.421. The number of hydrogen-bond acceptors (Lipinski definition) is 4. The van der Waals surface area contributed by atoms with Crippen LogP contribution in [0.4, 0.5) is 0 Å². The van der Waals surface area contributed by atoms with Gasteiger partial charge in [-0.1, -0.05) is 17.7 Å². The van der Waals surface area contributed by atoms with E-state index in [1.165, 1.54) is 0 Å². The number of hydrogen-bond donors (Lipinski definition) is 1. The molecule has 7 nitrogen and oxygen atoms in total. The molecular formula is C19H23ClN4O3. The number of benzene rings is 1. The number of carbonyl (C=O) groups excluding carboxylic acids is 2. The lowest BCUT2D eigenvalue weighted by atomic mass is 9.91. The van der Waals surface area contributed by atoms with Gasteiger partial charge in [0.05, 0.1) is 6.33 Å². The van der Waals surface area contributed by atoms with Gasteiger partial charge >= 0.3 is 0 Å². The van der Waals surface area contributed by atoms with E-state index >= 15 is 0 Å². The topological polar surface area (TPSA) is 90.5 Å². The maximum atomic E-state index is 12.6. The van der Waals surface area contributed by atoms with Crippen LogP contribution in [0.15, 0.2) is 43.0 Å². The summed E-state index contributed by atoms with van der Waals surface area (Å²) in [5.74, 6) is 0.168. The number of carbonyl (C=O) groups is 2. The molecule has 2 aromatic rings. The Morgan fingerprint density at radius 1 is 1.37 bits per heavy atom. The summed E-state index contributed by atoms with van der Waals surface area (Å²) >= 11 is 6.01. The van der Waals surface area contributed by atoms with Gasteiger partial charge in [0.1, 0.15) is 11.9 Å². The summed E-state index contributed by atoms with van der Waals surface area (Å²) in [6.07, 6.45) is 6.22. The van der Waals surface area contributed by atoms with Crippen LogP contribution >= 0.6 is 11.6 Å². The third-order valence-electron chi connectivity index (χ3n) is 4.71. The summed E-state index contributed by atoms with van der Waals surface area (Å²) in [5, 5.41) is 0.589. The SMILES string of the molecule is NC(=O)C[C@H]1CN(C(=O)CCn2ccnc2)CC[C@@H]1Oc1cccc(Cl)c1. The molecule has 2 atom stereocenters. The molecule has 8 heteroatoms. The summed E-state index contributed by atoms with van der Waals surface area (Å²) in [7, 11) is 0. The van der Waals surface area contributed by atoms with E-state index < -0.39 is 5.91 Å². The molecule has 3 rings (SSSR count). The number of ether oxygens (including phenoxy) is 1. The lowest BCUT2D eigenvalue weighted by Crippen LogP contribution is -2.49. The Kier molecular flexibility index (Phi) is 6.34. The summed E-state index contributed by atoms with van der Waals surface area (Å²) in [6, 6.07) is 7.16. The van der Waals surface area contributed by atoms with Crippen molar-refractivity contribution in [2.75, 3.05) is 13.1 Å².